The van der Waals surface area contributed by atoms with E-state index in [2.05, 4.69) is 40.6 Å². The molecule has 3 heteroatoms. The summed E-state index contributed by atoms with van der Waals surface area (Å²) in [6.45, 7) is 2.87. The van der Waals surface area contributed by atoms with Crippen molar-refractivity contribution >= 4 is 0 Å². The van der Waals surface area contributed by atoms with Crippen LogP contribution in [0.1, 0.15) is 54.9 Å². The van der Waals surface area contributed by atoms with Crippen molar-refractivity contribution in [2.45, 2.75) is 32.6 Å². The quantitative estimate of drug-likeness (QED) is 0.433. The lowest BCUT2D eigenvalue weighted by Crippen LogP contribution is -2.01. The minimum Gasteiger partial charge on any atom is -0.491 e. The van der Waals surface area contributed by atoms with Crippen molar-refractivity contribution in [2.24, 2.45) is 0 Å². The Balaban J connectivity index is 1.88. The molecule has 0 saturated carbocycles. The van der Waals surface area contributed by atoms with Crippen LogP contribution in [0.2, 0.25) is 0 Å². The Morgan fingerprint density at radius 3 is 1.76 bits per heavy atom. The molecule has 3 rings (SSSR count). The average molecular weight is 380 g/mol. The van der Waals surface area contributed by atoms with Crippen molar-refractivity contribution in [1.29, 1.82) is 0 Å². The molecule has 0 amide bonds. The first kappa shape index (κ1) is 20.2. The molecule has 2 aromatic heterocycles. The lowest BCUT2D eigenvalue weighted by Gasteiger charge is -2.10. The number of hydrogen-bond donors (Lipinski definition) is 0. The maximum absolute atomic E-state index is 6.16. The van der Waals surface area contributed by atoms with Gasteiger partial charge in [0, 0.05) is 35.9 Å². The number of unbranched alkanes of at least 4 members (excludes halogenated alkanes) is 3. The van der Waals surface area contributed by atoms with Gasteiger partial charge in [0.05, 0.1) is 17.7 Å². The van der Waals surface area contributed by atoms with E-state index in [4.69, 9.17) is 4.74 Å². The number of rotatable bonds is 6. The van der Waals surface area contributed by atoms with Gasteiger partial charge >= 0.3 is 0 Å². The molecule has 0 radical (unpaired) electrons. The number of pyridine rings is 2. The molecule has 0 aliphatic carbocycles. The molecule has 0 atom stereocenters. The van der Waals surface area contributed by atoms with Gasteiger partial charge in [-0.15, -0.1) is 0 Å². The van der Waals surface area contributed by atoms with E-state index in [1.54, 1.807) is 24.8 Å². The third kappa shape index (κ3) is 6.52. The largest absolute Gasteiger partial charge is 0.491 e. The Morgan fingerprint density at radius 2 is 1.24 bits per heavy atom. The first-order valence-corrected chi connectivity index (χ1v) is 9.96. The van der Waals surface area contributed by atoms with Gasteiger partial charge in [0.15, 0.2) is 5.75 Å². The fraction of sp³-hybridized carbons (Fsp3) is 0.231. The van der Waals surface area contributed by atoms with E-state index in [0.717, 1.165) is 34.4 Å². The topological polar surface area (TPSA) is 35.0 Å². The van der Waals surface area contributed by atoms with Gasteiger partial charge < -0.3 is 4.74 Å². The SMILES string of the molecule is CCCCCCOc1c(C#Cc2ccncc2)cccc1C#Cc1ccncc1. The molecule has 0 spiro atoms. The molecular formula is C26H24N2O. The minimum atomic E-state index is 0.665. The number of para-hydroxylation sites is 1. The maximum atomic E-state index is 6.16. The van der Waals surface area contributed by atoms with Crippen LogP contribution in [0, 0.1) is 23.7 Å². The second-order valence-corrected chi connectivity index (χ2v) is 6.56. The lowest BCUT2D eigenvalue weighted by atomic mass is 10.1. The Hall–Kier alpha value is -3.56. The van der Waals surface area contributed by atoms with Crippen LogP contribution >= 0.6 is 0 Å². The first-order chi connectivity index (χ1) is 14.4. The molecule has 0 bridgehead atoms. The molecule has 0 aliphatic rings. The highest BCUT2D eigenvalue weighted by Crippen LogP contribution is 2.23. The zero-order valence-electron chi connectivity index (χ0n) is 16.7. The normalized spacial score (nSPS) is 9.69. The van der Waals surface area contributed by atoms with E-state index in [1.807, 2.05) is 42.5 Å². The zero-order chi connectivity index (χ0) is 20.2. The highest BCUT2D eigenvalue weighted by Gasteiger charge is 2.07. The third-order valence-corrected chi connectivity index (χ3v) is 4.30. The summed E-state index contributed by atoms with van der Waals surface area (Å²) < 4.78 is 6.16. The highest BCUT2D eigenvalue weighted by molar-refractivity contribution is 5.59. The van der Waals surface area contributed by atoms with Gasteiger partial charge in [-0.05, 0) is 42.8 Å². The minimum absolute atomic E-state index is 0.665. The van der Waals surface area contributed by atoms with E-state index in [-0.39, 0.29) is 0 Å². The first-order valence-electron chi connectivity index (χ1n) is 9.96. The summed E-state index contributed by atoms with van der Waals surface area (Å²) in [5.74, 6) is 13.6. The molecule has 1 aromatic carbocycles. The smallest absolute Gasteiger partial charge is 0.150 e. The number of aromatic nitrogens is 2. The van der Waals surface area contributed by atoms with Crippen molar-refractivity contribution in [1.82, 2.24) is 9.97 Å². The summed E-state index contributed by atoms with van der Waals surface area (Å²) in [6.07, 6.45) is 11.6. The molecule has 0 aliphatic heterocycles. The Kier molecular flexibility index (Phi) is 7.88. The van der Waals surface area contributed by atoms with E-state index in [1.165, 1.54) is 19.3 Å². The second kappa shape index (κ2) is 11.3. The van der Waals surface area contributed by atoms with Gasteiger partial charge in [-0.3, -0.25) is 9.97 Å². The second-order valence-electron chi connectivity index (χ2n) is 6.56. The molecule has 0 fully saturated rings. The fourth-order valence-electron chi connectivity index (χ4n) is 2.74. The molecule has 0 saturated heterocycles. The van der Waals surface area contributed by atoms with E-state index >= 15 is 0 Å². The summed E-state index contributed by atoms with van der Waals surface area (Å²) in [4.78, 5) is 8.07. The number of ether oxygens (including phenoxy) is 1. The van der Waals surface area contributed by atoms with Gasteiger partial charge in [0.2, 0.25) is 0 Å². The Bertz CT molecular complexity index is 947. The van der Waals surface area contributed by atoms with Crippen molar-refractivity contribution < 1.29 is 4.74 Å². The van der Waals surface area contributed by atoms with E-state index in [0.29, 0.717) is 6.61 Å². The van der Waals surface area contributed by atoms with Crippen molar-refractivity contribution in [3.8, 4) is 29.4 Å². The fourth-order valence-corrected chi connectivity index (χ4v) is 2.74. The predicted octanol–water partition coefficient (Wildman–Crippen LogP) is 5.24. The summed E-state index contributed by atoms with van der Waals surface area (Å²) in [6, 6.07) is 13.5. The molecule has 3 aromatic rings. The summed E-state index contributed by atoms with van der Waals surface area (Å²) in [5, 5.41) is 0. The molecule has 29 heavy (non-hydrogen) atoms. The van der Waals surface area contributed by atoms with Gasteiger partial charge in [-0.1, -0.05) is 55.9 Å². The number of nitrogens with zero attached hydrogens (tertiary/aromatic N) is 2. The Morgan fingerprint density at radius 1 is 0.690 bits per heavy atom. The van der Waals surface area contributed by atoms with Crippen molar-refractivity contribution in [3.05, 3.63) is 89.5 Å². The molecule has 0 unspecified atom stereocenters. The predicted molar refractivity (Wildman–Crippen MR) is 117 cm³/mol. The van der Waals surface area contributed by atoms with Crippen LogP contribution in [0.25, 0.3) is 0 Å². The van der Waals surface area contributed by atoms with Crippen molar-refractivity contribution in [3.63, 3.8) is 0 Å². The lowest BCUT2D eigenvalue weighted by molar-refractivity contribution is 0.303. The van der Waals surface area contributed by atoms with E-state index < -0.39 is 0 Å². The van der Waals surface area contributed by atoms with Crippen LogP contribution in [-0.2, 0) is 0 Å². The summed E-state index contributed by atoms with van der Waals surface area (Å²) in [5.41, 5.74) is 3.53. The van der Waals surface area contributed by atoms with Crippen LogP contribution in [0.15, 0.2) is 67.3 Å². The van der Waals surface area contributed by atoms with Crippen LogP contribution in [0.3, 0.4) is 0 Å². The van der Waals surface area contributed by atoms with Crippen molar-refractivity contribution in [2.75, 3.05) is 6.61 Å². The van der Waals surface area contributed by atoms with Gasteiger partial charge in [0.1, 0.15) is 0 Å². The number of hydrogen-bond acceptors (Lipinski definition) is 3. The maximum Gasteiger partial charge on any atom is 0.150 e. The van der Waals surface area contributed by atoms with Gasteiger partial charge in [0.25, 0.3) is 0 Å². The van der Waals surface area contributed by atoms with Crippen LogP contribution in [0.5, 0.6) is 5.75 Å². The van der Waals surface area contributed by atoms with Gasteiger partial charge in [-0.25, -0.2) is 0 Å². The standard InChI is InChI=1S/C26H24N2O/c1-2-3-4-5-21-29-26-24(11-9-22-13-17-27-18-14-22)7-6-8-25(26)12-10-23-15-19-28-20-16-23/h6-8,13-20H,2-5,21H2,1H3. The zero-order valence-corrected chi connectivity index (χ0v) is 16.7. The summed E-state index contributed by atoms with van der Waals surface area (Å²) in [7, 11) is 0. The van der Waals surface area contributed by atoms with Crippen LogP contribution in [-0.4, -0.2) is 16.6 Å². The third-order valence-electron chi connectivity index (χ3n) is 4.30. The molecule has 144 valence electrons. The van der Waals surface area contributed by atoms with Crippen LogP contribution in [0.4, 0.5) is 0 Å². The number of benzene rings is 1. The monoisotopic (exact) mass is 380 g/mol. The average Bonchev–Trinajstić information content (AvgIpc) is 2.78. The molecular weight excluding hydrogens is 356 g/mol. The van der Waals surface area contributed by atoms with Crippen LogP contribution < -0.4 is 4.74 Å². The molecule has 0 N–H and O–H groups in total. The van der Waals surface area contributed by atoms with Gasteiger partial charge in [-0.2, -0.15) is 0 Å². The molecule has 2 heterocycles. The Labute approximate surface area is 173 Å². The summed E-state index contributed by atoms with van der Waals surface area (Å²) >= 11 is 0. The molecule has 3 nitrogen and oxygen atoms in total. The highest BCUT2D eigenvalue weighted by atomic mass is 16.5. The van der Waals surface area contributed by atoms with E-state index in [9.17, 15) is 0 Å².